The molecule has 0 atom stereocenters. The Balaban J connectivity index is 1.65. The van der Waals surface area contributed by atoms with Crippen LogP contribution in [0.5, 0.6) is 0 Å². The van der Waals surface area contributed by atoms with Crippen LogP contribution in [-0.2, 0) is 10.0 Å². The summed E-state index contributed by atoms with van der Waals surface area (Å²) < 4.78 is 47.9. The van der Waals surface area contributed by atoms with Crippen LogP contribution in [0.25, 0.3) is 50.0 Å². The van der Waals surface area contributed by atoms with Gasteiger partial charge in [0.15, 0.2) is 5.78 Å². The maximum Gasteiger partial charge on any atom is 0.265 e. The smallest absolute Gasteiger partial charge is 0.265 e. The first-order valence-electron chi connectivity index (χ1n) is 13.5. The number of sulfonamides is 1. The third-order valence-corrected chi connectivity index (χ3v) is 8.64. The summed E-state index contributed by atoms with van der Waals surface area (Å²) in [5.74, 6) is -0.359. The molecule has 0 unspecified atom stereocenters. The fourth-order valence-corrected chi connectivity index (χ4v) is 5.63. The van der Waals surface area contributed by atoms with E-state index in [0.29, 0.717) is 49.8 Å². The van der Waals surface area contributed by atoms with Gasteiger partial charge in [-0.25, -0.2) is 17.8 Å². The van der Waals surface area contributed by atoms with Gasteiger partial charge >= 0.3 is 0 Å². The van der Waals surface area contributed by atoms with Crippen LogP contribution in [0.3, 0.4) is 0 Å². The van der Waals surface area contributed by atoms with Crippen molar-refractivity contribution in [2.75, 3.05) is 17.6 Å². The van der Waals surface area contributed by atoms with Crippen molar-refractivity contribution >= 4 is 43.4 Å². The monoisotopic (exact) mass is 595 g/mol. The first-order chi connectivity index (χ1) is 20.6. The number of nitrogens with zero attached hydrogens (tertiary/aromatic N) is 3. The summed E-state index contributed by atoms with van der Waals surface area (Å²) in [5.41, 5.74) is 3.25. The Morgan fingerprint density at radius 1 is 0.953 bits per heavy atom. The summed E-state index contributed by atoms with van der Waals surface area (Å²) in [5, 5.41) is 0.806. The Morgan fingerprint density at radius 2 is 1.65 bits per heavy atom. The highest BCUT2D eigenvalue weighted by Gasteiger charge is 2.26. The fraction of sp³-hybridized carbons (Fsp3) is 0.121. The molecule has 0 amide bonds. The molecule has 0 aliphatic heterocycles. The molecule has 0 saturated heterocycles. The van der Waals surface area contributed by atoms with E-state index in [1.807, 2.05) is 18.2 Å². The summed E-state index contributed by atoms with van der Waals surface area (Å²) in [7, 11) is -2.30. The Morgan fingerprint density at radius 3 is 2.33 bits per heavy atom. The number of para-hydroxylation sites is 1. The summed E-state index contributed by atoms with van der Waals surface area (Å²) >= 11 is 0. The number of anilines is 1. The number of carbonyl (C=O) groups is 1. The third-order valence-electron chi connectivity index (χ3n) is 7.45. The third kappa shape index (κ3) is 4.99. The molecular formula is C33H26FN3O5S. The highest BCUT2D eigenvalue weighted by atomic mass is 32.2. The molecule has 0 fully saturated rings. The van der Waals surface area contributed by atoms with Gasteiger partial charge < -0.3 is 4.42 Å². The second-order valence-corrected chi connectivity index (χ2v) is 12.2. The Hall–Kier alpha value is -5.09. The molecule has 0 N–H and O–H groups in total. The number of hydrogen-bond donors (Lipinski definition) is 0. The quantitative estimate of drug-likeness (QED) is 0.193. The summed E-state index contributed by atoms with van der Waals surface area (Å²) in [4.78, 5) is 31.3. The summed E-state index contributed by atoms with van der Waals surface area (Å²) in [6.07, 6.45) is 2.74. The van der Waals surface area contributed by atoms with Crippen molar-refractivity contribution in [1.82, 2.24) is 9.55 Å². The van der Waals surface area contributed by atoms with Crippen molar-refractivity contribution in [3.05, 3.63) is 113 Å². The molecule has 0 radical (unpaired) electrons. The minimum absolute atomic E-state index is 0.184. The van der Waals surface area contributed by atoms with Crippen molar-refractivity contribution in [1.29, 1.82) is 0 Å². The van der Waals surface area contributed by atoms with Crippen LogP contribution in [0.4, 0.5) is 10.1 Å². The molecule has 43 heavy (non-hydrogen) atoms. The number of rotatable bonds is 7. The lowest BCUT2D eigenvalue weighted by Gasteiger charge is -2.21. The first-order valence-corrected chi connectivity index (χ1v) is 15.3. The van der Waals surface area contributed by atoms with Crippen molar-refractivity contribution < 1.29 is 22.0 Å². The van der Waals surface area contributed by atoms with E-state index in [1.54, 1.807) is 49.4 Å². The second kappa shape index (κ2) is 10.6. The van der Waals surface area contributed by atoms with E-state index in [0.717, 1.165) is 10.6 Å². The van der Waals surface area contributed by atoms with Crippen LogP contribution >= 0.6 is 0 Å². The Kier molecular flexibility index (Phi) is 6.94. The number of fused-ring (bicyclic) bond motifs is 2. The number of furan rings is 1. The highest BCUT2D eigenvalue weighted by molar-refractivity contribution is 7.92. The maximum atomic E-state index is 13.7. The molecule has 0 aliphatic rings. The van der Waals surface area contributed by atoms with E-state index in [9.17, 15) is 22.4 Å². The van der Waals surface area contributed by atoms with Crippen LogP contribution in [0.1, 0.15) is 23.7 Å². The van der Waals surface area contributed by atoms with Crippen LogP contribution in [-0.4, -0.2) is 37.1 Å². The molecule has 0 aliphatic carbocycles. The van der Waals surface area contributed by atoms with Gasteiger partial charge in [0.2, 0.25) is 10.0 Å². The maximum absolute atomic E-state index is 13.7. The second-order valence-electron chi connectivity index (χ2n) is 10.2. The van der Waals surface area contributed by atoms with Crippen molar-refractivity contribution in [3.8, 4) is 28.1 Å². The van der Waals surface area contributed by atoms with Crippen LogP contribution in [0.15, 0.2) is 100 Å². The van der Waals surface area contributed by atoms with Crippen LogP contribution < -0.4 is 9.86 Å². The largest absolute Gasteiger partial charge is 0.455 e. The fourth-order valence-electron chi connectivity index (χ4n) is 5.12. The van der Waals surface area contributed by atoms with Crippen LogP contribution in [0.2, 0.25) is 0 Å². The molecule has 0 spiro atoms. The normalized spacial score (nSPS) is 11.7. The van der Waals surface area contributed by atoms with Crippen molar-refractivity contribution in [2.45, 2.75) is 13.3 Å². The molecule has 2 aromatic heterocycles. The zero-order valence-electron chi connectivity index (χ0n) is 23.5. The van der Waals surface area contributed by atoms with Gasteiger partial charge in [-0.05, 0) is 60.2 Å². The number of benzene rings is 4. The molecule has 4 aromatic carbocycles. The van der Waals surface area contributed by atoms with Gasteiger partial charge in [0.05, 0.1) is 34.1 Å². The lowest BCUT2D eigenvalue weighted by molar-refractivity contribution is 0.0989. The van der Waals surface area contributed by atoms with Gasteiger partial charge in [0, 0.05) is 36.0 Å². The molecule has 0 saturated carbocycles. The van der Waals surface area contributed by atoms with Gasteiger partial charge in [-0.2, -0.15) is 0 Å². The zero-order valence-corrected chi connectivity index (χ0v) is 24.4. The Bertz CT molecular complexity index is 2210. The van der Waals surface area contributed by atoms with E-state index in [2.05, 4.69) is 4.98 Å². The lowest BCUT2D eigenvalue weighted by Crippen LogP contribution is -2.25. The molecule has 8 nitrogen and oxygen atoms in total. The summed E-state index contributed by atoms with van der Waals surface area (Å²) in [6, 6.07) is 23.1. The number of aromatic nitrogens is 2. The minimum atomic E-state index is -3.72. The first kappa shape index (κ1) is 28.0. The molecule has 6 aromatic rings. The van der Waals surface area contributed by atoms with Crippen molar-refractivity contribution in [3.63, 3.8) is 0 Å². The topological polar surface area (TPSA) is 102 Å². The molecule has 0 bridgehead atoms. The predicted molar refractivity (Wildman–Crippen MR) is 166 cm³/mol. The van der Waals surface area contributed by atoms with Crippen LogP contribution in [0, 0.1) is 5.82 Å². The average molecular weight is 596 g/mol. The molecular weight excluding hydrogens is 569 g/mol. The number of halogens is 1. The number of carbonyl (C=O) groups excluding carboxylic acids is 1. The molecule has 2 heterocycles. The molecule has 10 heteroatoms. The number of ketones is 1. The minimum Gasteiger partial charge on any atom is -0.455 e. The van der Waals surface area contributed by atoms with Gasteiger partial charge in [0.1, 0.15) is 23.5 Å². The number of hydrogen-bond acceptors (Lipinski definition) is 6. The zero-order chi connectivity index (χ0) is 30.5. The Labute approximate surface area is 246 Å². The molecule has 216 valence electrons. The highest BCUT2D eigenvalue weighted by Crippen LogP contribution is 2.42. The molecule has 6 rings (SSSR count). The van der Waals surface area contributed by atoms with Gasteiger partial charge in [-0.15, -0.1) is 0 Å². The van der Waals surface area contributed by atoms with Crippen molar-refractivity contribution in [2.24, 2.45) is 0 Å². The van der Waals surface area contributed by atoms with E-state index in [-0.39, 0.29) is 29.2 Å². The standard InChI is InChI=1S/C33H26FN3O5S/c1-4-29(38)31-26-17-24(21-12-15-27-25(16-21)33(39)37(19-35-27)23-8-6-5-7-9-23)28(36(2)43(3,40)41)18-30(26)42-32(31)20-10-13-22(34)14-11-20/h5-19H,4H2,1-3H3. The van der Waals surface area contributed by atoms with E-state index < -0.39 is 15.8 Å². The van der Waals surface area contributed by atoms with E-state index in [4.69, 9.17) is 4.42 Å². The van der Waals surface area contributed by atoms with Gasteiger partial charge in [-0.1, -0.05) is 31.2 Å². The van der Waals surface area contributed by atoms with Gasteiger partial charge in [-0.3, -0.25) is 18.5 Å². The lowest BCUT2D eigenvalue weighted by atomic mass is 9.96. The predicted octanol–water partition coefficient (Wildman–Crippen LogP) is 6.59. The van der Waals surface area contributed by atoms with Gasteiger partial charge in [0.25, 0.3) is 5.56 Å². The van der Waals surface area contributed by atoms with E-state index >= 15 is 0 Å². The number of Topliss-reactive ketones (excluding diaryl/α,β-unsaturated/α-hetero) is 1. The SMILES string of the molecule is CCC(=O)c1c(-c2ccc(F)cc2)oc2cc(N(C)S(C)(=O)=O)c(-c3ccc4ncn(-c5ccccc5)c(=O)c4c3)cc12. The van der Waals surface area contributed by atoms with E-state index in [1.165, 1.54) is 42.2 Å². The average Bonchev–Trinajstić information content (AvgIpc) is 3.38. The summed E-state index contributed by atoms with van der Waals surface area (Å²) in [6.45, 7) is 1.73.